The highest BCUT2D eigenvalue weighted by Crippen LogP contribution is 2.30. The Morgan fingerprint density at radius 3 is 3.00 bits per heavy atom. The van der Waals surface area contributed by atoms with Crippen LogP contribution in [0.2, 0.25) is 0 Å². The van der Waals surface area contributed by atoms with E-state index in [0.29, 0.717) is 15.8 Å². The van der Waals surface area contributed by atoms with Gasteiger partial charge in [-0.3, -0.25) is 4.57 Å². The highest BCUT2D eigenvalue weighted by atomic mass is 32.1. The second kappa shape index (κ2) is 5.19. The maximum absolute atomic E-state index is 10.3. The van der Waals surface area contributed by atoms with E-state index in [4.69, 9.17) is 17.0 Å². The van der Waals surface area contributed by atoms with Crippen molar-refractivity contribution in [2.75, 3.05) is 13.7 Å². The van der Waals surface area contributed by atoms with Crippen LogP contribution in [0.25, 0.3) is 11.2 Å². The Balaban J connectivity index is 2.04. The van der Waals surface area contributed by atoms with Gasteiger partial charge in [-0.2, -0.15) is 0 Å². The van der Waals surface area contributed by atoms with Crippen molar-refractivity contribution in [3.63, 3.8) is 0 Å². The molecule has 0 amide bonds. The topological polar surface area (TPSA) is 108 Å². The van der Waals surface area contributed by atoms with E-state index >= 15 is 0 Å². The van der Waals surface area contributed by atoms with E-state index < -0.39 is 18.4 Å². The fourth-order valence-electron chi connectivity index (χ4n) is 2.55. The fraction of sp³-hybridized carbons (Fsp3) is 0.545. The number of nitrogens with zero attached hydrogens (tertiary/aromatic N) is 3. The van der Waals surface area contributed by atoms with Crippen molar-refractivity contribution in [2.45, 2.75) is 24.5 Å². The predicted octanol–water partition coefficient (Wildman–Crippen LogP) is -0.673. The molecule has 1 aliphatic rings. The molecule has 2 aromatic rings. The summed E-state index contributed by atoms with van der Waals surface area (Å²) in [5.74, 6) is 0. The number of aliphatic hydroxyl groups excluding tert-OH is 2. The van der Waals surface area contributed by atoms with Gasteiger partial charge in [0.2, 0.25) is 0 Å². The number of H-pyrrole nitrogens is 1. The van der Waals surface area contributed by atoms with Crippen molar-refractivity contribution in [1.82, 2.24) is 24.8 Å². The maximum Gasteiger partial charge on any atom is 0.164 e. The van der Waals surface area contributed by atoms with Crippen molar-refractivity contribution in [2.24, 2.45) is 0 Å². The molecular formula is C11H15N5O3S. The second-order valence-corrected chi connectivity index (χ2v) is 5.00. The number of ether oxygens (including phenoxy) is 1. The lowest BCUT2D eigenvalue weighted by Gasteiger charge is -2.18. The van der Waals surface area contributed by atoms with E-state index in [1.807, 2.05) is 0 Å². The molecule has 1 aliphatic heterocycles. The molecule has 0 unspecified atom stereocenters. The van der Waals surface area contributed by atoms with Crippen LogP contribution in [-0.4, -0.2) is 61.6 Å². The zero-order chi connectivity index (χ0) is 14.3. The number of fused-ring (bicyclic) bond motifs is 1. The molecule has 0 aromatic carbocycles. The van der Waals surface area contributed by atoms with Gasteiger partial charge in [-0.1, -0.05) is 12.2 Å². The first-order valence-electron chi connectivity index (χ1n) is 6.19. The lowest BCUT2D eigenvalue weighted by Crippen LogP contribution is -2.43. The molecule has 4 N–H and O–H groups in total. The third-order valence-electron chi connectivity index (χ3n) is 3.54. The fourth-order valence-corrected chi connectivity index (χ4v) is 2.75. The summed E-state index contributed by atoms with van der Waals surface area (Å²) in [6, 6.07) is -0.354. The number of rotatable bonds is 3. The summed E-state index contributed by atoms with van der Waals surface area (Å²) in [5.41, 5.74) is 1.18. The first-order valence-corrected chi connectivity index (χ1v) is 6.60. The Morgan fingerprint density at radius 2 is 2.35 bits per heavy atom. The van der Waals surface area contributed by atoms with Crippen LogP contribution in [0.15, 0.2) is 12.7 Å². The van der Waals surface area contributed by atoms with E-state index in [-0.39, 0.29) is 12.6 Å². The Kier molecular flexibility index (Phi) is 3.52. The number of hydrogen-bond donors (Lipinski definition) is 4. The van der Waals surface area contributed by atoms with Gasteiger partial charge in [0.05, 0.1) is 25.3 Å². The SMILES string of the molecule is CN[C@H]1[C@@H](O)[C@@H](n2cnc3c(=S)nc[nH]c32)O[C@H]1CO. The van der Waals surface area contributed by atoms with Gasteiger partial charge in [-0.05, 0) is 7.05 Å². The molecule has 0 radical (unpaired) electrons. The van der Waals surface area contributed by atoms with Crippen molar-refractivity contribution < 1.29 is 14.9 Å². The molecule has 0 saturated carbocycles. The van der Waals surface area contributed by atoms with Crippen molar-refractivity contribution in [3.8, 4) is 0 Å². The highest BCUT2D eigenvalue weighted by Gasteiger charge is 2.43. The summed E-state index contributed by atoms with van der Waals surface area (Å²) in [6.07, 6.45) is 1.07. The summed E-state index contributed by atoms with van der Waals surface area (Å²) in [5, 5.41) is 22.6. The summed E-state index contributed by atoms with van der Waals surface area (Å²) < 4.78 is 7.75. The first kappa shape index (κ1) is 13.6. The molecule has 0 aliphatic carbocycles. The van der Waals surface area contributed by atoms with E-state index in [0.717, 1.165) is 0 Å². The van der Waals surface area contributed by atoms with Gasteiger partial charge >= 0.3 is 0 Å². The van der Waals surface area contributed by atoms with Gasteiger partial charge in [-0.15, -0.1) is 0 Å². The zero-order valence-electron chi connectivity index (χ0n) is 10.7. The number of hydrogen-bond acceptors (Lipinski definition) is 7. The van der Waals surface area contributed by atoms with E-state index in [1.165, 1.54) is 6.33 Å². The summed E-state index contributed by atoms with van der Waals surface area (Å²) in [6.45, 7) is -0.177. The number of imidazole rings is 1. The van der Waals surface area contributed by atoms with Gasteiger partial charge in [0, 0.05) is 0 Å². The molecule has 8 nitrogen and oxygen atoms in total. The third-order valence-corrected chi connectivity index (χ3v) is 3.84. The molecule has 0 bridgehead atoms. The van der Waals surface area contributed by atoms with Gasteiger partial charge < -0.3 is 25.3 Å². The molecule has 1 fully saturated rings. The minimum absolute atomic E-state index is 0.177. The third kappa shape index (κ3) is 1.95. The number of aromatic nitrogens is 4. The minimum Gasteiger partial charge on any atom is -0.394 e. The van der Waals surface area contributed by atoms with Crippen LogP contribution in [0.5, 0.6) is 0 Å². The average Bonchev–Trinajstić information content (AvgIpc) is 3.00. The van der Waals surface area contributed by atoms with Crippen LogP contribution in [-0.2, 0) is 4.74 Å². The quantitative estimate of drug-likeness (QED) is 0.556. The minimum atomic E-state index is -0.815. The van der Waals surface area contributed by atoms with Gasteiger partial charge in [0.1, 0.15) is 23.4 Å². The molecule has 20 heavy (non-hydrogen) atoms. The molecule has 0 spiro atoms. The van der Waals surface area contributed by atoms with Gasteiger partial charge in [-0.25, -0.2) is 9.97 Å². The Labute approximate surface area is 119 Å². The predicted molar refractivity (Wildman–Crippen MR) is 72.6 cm³/mol. The Hall–Kier alpha value is -1.39. The lowest BCUT2D eigenvalue weighted by atomic mass is 10.1. The largest absolute Gasteiger partial charge is 0.394 e. The molecule has 108 valence electrons. The molecule has 1 saturated heterocycles. The van der Waals surface area contributed by atoms with Crippen molar-refractivity contribution in [3.05, 3.63) is 17.3 Å². The molecule has 9 heteroatoms. The van der Waals surface area contributed by atoms with E-state index in [9.17, 15) is 10.2 Å². The smallest absolute Gasteiger partial charge is 0.164 e. The first-order chi connectivity index (χ1) is 9.67. The normalized spacial score (nSPS) is 30.1. The number of likely N-dealkylation sites (N-methyl/N-ethyl adjacent to an activating group) is 1. The Bertz CT molecular complexity index is 671. The number of nitrogens with one attached hydrogen (secondary N) is 2. The molecule has 3 rings (SSSR count). The monoisotopic (exact) mass is 297 g/mol. The van der Waals surface area contributed by atoms with Gasteiger partial charge in [0.25, 0.3) is 0 Å². The standard InChI is InChI=1S/C11H15N5O3S/c1-12-6-5(2-17)19-11(8(6)18)16-4-15-7-9(16)13-3-14-10(7)20/h3-6,8,11-12,17-18H,2H2,1H3,(H,13,14,20)/t5-,6+,8+,11-/m0/s1. The van der Waals surface area contributed by atoms with Gasteiger partial charge in [0.15, 0.2) is 10.9 Å². The van der Waals surface area contributed by atoms with E-state index in [1.54, 1.807) is 17.9 Å². The van der Waals surface area contributed by atoms with Crippen molar-refractivity contribution >= 4 is 23.4 Å². The average molecular weight is 297 g/mol. The highest BCUT2D eigenvalue weighted by molar-refractivity contribution is 7.71. The Morgan fingerprint density at radius 1 is 1.55 bits per heavy atom. The van der Waals surface area contributed by atoms with Crippen LogP contribution in [0.3, 0.4) is 0 Å². The zero-order valence-corrected chi connectivity index (χ0v) is 11.5. The number of aliphatic hydroxyl groups is 2. The van der Waals surface area contributed by atoms with Crippen LogP contribution in [0.1, 0.15) is 6.23 Å². The summed E-state index contributed by atoms with van der Waals surface area (Å²) >= 11 is 5.10. The molecule has 2 aromatic heterocycles. The second-order valence-electron chi connectivity index (χ2n) is 4.61. The van der Waals surface area contributed by atoms with Crippen LogP contribution in [0, 0.1) is 4.64 Å². The molecule has 4 atom stereocenters. The summed E-state index contributed by atoms with van der Waals surface area (Å²) in [7, 11) is 1.71. The van der Waals surface area contributed by atoms with Crippen molar-refractivity contribution in [1.29, 1.82) is 0 Å². The van der Waals surface area contributed by atoms with Crippen LogP contribution in [0.4, 0.5) is 0 Å². The number of aromatic amines is 1. The van der Waals surface area contributed by atoms with Crippen LogP contribution >= 0.6 is 12.2 Å². The van der Waals surface area contributed by atoms with E-state index in [2.05, 4.69) is 20.3 Å². The summed E-state index contributed by atoms with van der Waals surface area (Å²) in [4.78, 5) is 11.1. The lowest BCUT2D eigenvalue weighted by molar-refractivity contribution is -0.0489. The maximum atomic E-state index is 10.3. The molecule has 3 heterocycles. The van der Waals surface area contributed by atoms with Crippen LogP contribution < -0.4 is 5.32 Å². The molecular weight excluding hydrogens is 282 g/mol.